The lowest BCUT2D eigenvalue weighted by Gasteiger charge is -2.24. The Morgan fingerprint density at radius 3 is 2.33 bits per heavy atom. The van der Waals surface area contributed by atoms with E-state index in [1.165, 1.54) is 0 Å². The lowest BCUT2D eigenvalue weighted by molar-refractivity contribution is 0.326. The van der Waals surface area contributed by atoms with Crippen LogP contribution >= 0.6 is 14.7 Å². The van der Waals surface area contributed by atoms with Gasteiger partial charge in [-0.25, -0.2) is 0 Å². The molecule has 3 aliphatic rings. The zero-order chi connectivity index (χ0) is 13.0. The monoisotopic (exact) mass is 288 g/mol. The van der Waals surface area contributed by atoms with Gasteiger partial charge in [0.15, 0.2) is 0 Å². The van der Waals surface area contributed by atoms with E-state index < -0.39 is 14.7 Å². The van der Waals surface area contributed by atoms with Gasteiger partial charge in [0.1, 0.15) is 0 Å². The fourth-order valence-electron chi connectivity index (χ4n) is 3.50. The molecule has 3 rings (SSSR count). The Morgan fingerprint density at radius 2 is 1.67 bits per heavy atom. The molecular weight excluding hydrogens is 270 g/mol. The topological polar surface area (TPSA) is 52.6 Å². The third-order valence-electron chi connectivity index (χ3n) is 4.07. The maximum Gasteiger partial charge on any atom is 0.229 e. The molecule has 0 aromatic rings. The van der Waals surface area contributed by atoms with E-state index in [-0.39, 0.29) is 22.9 Å². The molecular formula is C12H18O4P2. The second-order valence-electron chi connectivity index (χ2n) is 4.90. The summed E-state index contributed by atoms with van der Waals surface area (Å²) in [6, 6.07) is 0. The highest BCUT2D eigenvalue weighted by Crippen LogP contribution is 2.80. The van der Waals surface area contributed by atoms with Crippen molar-refractivity contribution in [2.45, 2.75) is 30.8 Å². The molecule has 0 spiro atoms. The van der Waals surface area contributed by atoms with Gasteiger partial charge in [0.25, 0.3) is 0 Å². The van der Waals surface area contributed by atoms with Gasteiger partial charge in [-0.2, -0.15) is 0 Å². The van der Waals surface area contributed by atoms with Crippen LogP contribution in [0.2, 0.25) is 0 Å². The van der Waals surface area contributed by atoms with Gasteiger partial charge >= 0.3 is 0 Å². The molecule has 18 heavy (non-hydrogen) atoms. The molecule has 4 nitrogen and oxygen atoms in total. The zero-order valence-corrected chi connectivity index (χ0v) is 12.3. The minimum Gasteiger partial charge on any atom is -0.328 e. The van der Waals surface area contributed by atoms with Crippen LogP contribution < -0.4 is 0 Å². The van der Waals surface area contributed by atoms with Crippen LogP contribution in [0.15, 0.2) is 24.0 Å². The van der Waals surface area contributed by atoms with E-state index >= 15 is 0 Å². The van der Waals surface area contributed by atoms with Crippen LogP contribution in [-0.2, 0) is 18.2 Å². The van der Waals surface area contributed by atoms with Gasteiger partial charge in [-0.1, -0.05) is 18.2 Å². The normalized spacial score (nSPS) is 52.1. The van der Waals surface area contributed by atoms with Gasteiger partial charge in [-0.3, -0.25) is 9.13 Å². The Morgan fingerprint density at radius 1 is 1.00 bits per heavy atom. The van der Waals surface area contributed by atoms with E-state index in [9.17, 15) is 9.13 Å². The molecule has 100 valence electrons. The first kappa shape index (κ1) is 12.9. The van der Waals surface area contributed by atoms with Crippen LogP contribution in [0.25, 0.3) is 0 Å². The number of hydrogen-bond donors (Lipinski definition) is 0. The van der Waals surface area contributed by atoms with Gasteiger partial charge in [-0.15, -0.1) is 0 Å². The highest BCUT2D eigenvalue weighted by molar-refractivity contribution is 7.68. The second kappa shape index (κ2) is 4.18. The van der Waals surface area contributed by atoms with E-state index in [0.29, 0.717) is 13.2 Å². The van der Waals surface area contributed by atoms with E-state index in [0.717, 1.165) is 0 Å². The Hall–Kier alpha value is -0.140. The summed E-state index contributed by atoms with van der Waals surface area (Å²) in [6.07, 6.45) is 5.84. The van der Waals surface area contributed by atoms with Crippen molar-refractivity contribution in [3.05, 3.63) is 24.0 Å². The van der Waals surface area contributed by atoms with Crippen LogP contribution in [0.1, 0.15) is 13.8 Å². The molecule has 0 aromatic heterocycles. The van der Waals surface area contributed by atoms with Gasteiger partial charge in [-0.05, 0) is 19.7 Å². The van der Waals surface area contributed by atoms with Crippen LogP contribution in [-0.4, -0.2) is 30.2 Å². The fraction of sp³-hybridized carbons (Fsp3) is 0.667. The van der Waals surface area contributed by atoms with Gasteiger partial charge in [0, 0.05) is 5.92 Å². The van der Waals surface area contributed by atoms with Crippen LogP contribution in [0.3, 0.4) is 0 Å². The van der Waals surface area contributed by atoms with Crippen molar-refractivity contribution in [1.29, 1.82) is 0 Å². The van der Waals surface area contributed by atoms with Crippen molar-refractivity contribution in [1.82, 2.24) is 0 Å². The highest BCUT2D eigenvalue weighted by Gasteiger charge is 2.66. The minimum absolute atomic E-state index is 0.0646. The van der Waals surface area contributed by atoms with Crippen LogP contribution in [0.4, 0.5) is 0 Å². The molecule has 0 amide bonds. The Kier molecular flexibility index (Phi) is 2.99. The molecule has 1 fully saturated rings. The molecule has 2 unspecified atom stereocenters. The standard InChI is InChI=1S/C12H18O4P2/c1-3-15-17(13)8-7-9-10-5-6-11(12(9)17)18(10,14)16-4-2/h5-12H,3-4H2,1-2H3/t9-,10+,11-,12-,17?,18?/m0/s1. The van der Waals surface area contributed by atoms with Crippen molar-refractivity contribution in [2.75, 3.05) is 13.2 Å². The molecule has 0 radical (unpaired) electrons. The summed E-state index contributed by atoms with van der Waals surface area (Å²) in [5.74, 6) is 1.78. The molecule has 6 atom stereocenters. The van der Waals surface area contributed by atoms with Gasteiger partial charge in [0.2, 0.25) is 14.7 Å². The van der Waals surface area contributed by atoms with E-state index in [2.05, 4.69) is 0 Å². The maximum absolute atomic E-state index is 12.9. The summed E-state index contributed by atoms with van der Waals surface area (Å²) in [5, 5.41) is 0. The van der Waals surface area contributed by atoms with Crippen LogP contribution in [0.5, 0.6) is 0 Å². The molecule has 1 saturated heterocycles. The number of allylic oxidation sites excluding steroid dienone is 3. The van der Waals surface area contributed by atoms with Gasteiger partial charge in [0.05, 0.1) is 30.2 Å². The van der Waals surface area contributed by atoms with E-state index in [4.69, 9.17) is 9.05 Å². The molecule has 3 heterocycles. The summed E-state index contributed by atoms with van der Waals surface area (Å²) in [7, 11) is -5.54. The molecule has 3 aliphatic heterocycles. The maximum atomic E-state index is 12.9. The van der Waals surface area contributed by atoms with Crippen molar-refractivity contribution in [3.8, 4) is 0 Å². The number of rotatable bonds is 4. The van der Waals surface area contributed by atoms with E-state index in [1.807, 2.05) is 32.1 Å². The van der Waals surface area contributed by atoms with Crippen LogP contribution in [0, 0.1) is 5.92 Å². The molecule has 2 bridgehead atoms. The summed E-state index contributed by atoms with van der Waals surface area (Å²) in [5.41, 5.74) is -0.482. The van der Waals surface area contributed by atoms with Crippen molar-refractivity contribution >= 4 is 14.7 Å². The molecule has 0 N–H and O–H groups in total. The largest absolute Gasteiger partial charge is 0.328 e. The third-order valence-corrected chi connectivity index (χ3v) is 10.4. The minimum atomic E-state index is -2.80. The molecule has 0 aromatic carbocycles. The fourth-order valence-corrected chi connectivity index (χ4v) is 10.5. The van der Waals surface area contributed by atoms with E-state index in [1.54, 1.807) is 5.82 Å². The first-order chi connectivity index (χ1) is 8.57. The lowest BCUT2D eigenvalue weighted by atomic mass is 9.94. The Balaban J connectivity index is 1.99. The molecule has 6 heteroatoms. The summed E-state index contributed by atoms with van der Waals surface area (Å²) in [4.78, 5) is 0. The second-order valence-corrected chi connectivity index (χ2v) is 10.1. The first-order valence-electron chi connectivity index (χ1n) is 6.42. The Labute approximate surface area is 107 Å². The predicted molar refractivity (Wildman–Crippen MR) is 71.6 cm³/mol. The smallest absolute Gasteiger partial charge is 0.229 e. The first-order valence-corrected chi connectivity index (χ1v) is 9.95. The summed E-state index contributed by atoms with van der Waals surface area (Å²) in [6.45, 7) is 4.55. The summed E-state index contributed by atoms with van der Waals surface area (Å²) < 4.78 is 36.8. The number of fused-ring (bicyclic) bond motifs is 5. The molecule has 0 aliphatic carbocycles. The number of hydrogen-bond acceptors (Lipinski definition) is 4. The quantitative estimate of drug-likeness (QED) is 0.587. The summed E-state index contributed by atoms with van der Waals surface area (Å²) >= 11 is 0. The predicted octanol–water partition coefficient (Wildman–Crippen LogP) is 3.45. The highest BCUT2D eigenvalue weighted by atomic mass is 31.2. The van der Waals surface area contributed by atoms with Crippen molar-refractivity contribution in [2.24, 2.45) is 5.92 Å². The average molecular weight is 288 g/mol. The average Bonchev–Trinajstić information content (AvgIpc) is 2.89. The third kappa shape index (κ3) is 1.47. The Bertz CT molecular complexity index is 510. The van der Waals surface area contributed by atoms with Gasteiger partial charge < -0.3 is 9.05 Å². The zero-order valence-electron chi connectivity index (χ0n) is 10.6. The molecule has 0 saturated carbocycles. The van der Waals surface area contributed by atoms with Crippen molar-refractivity contribution in [3.63, 3.8) is 0 Å². The van der Waals surface area contributed by atoms with Crippen molar-refractivity contribution < 1.29 is 18.2 Å². The SMILES string of the molecule is CCOP1(=O)C=C[C@@H]2[C@H]1[C@@H]1C=C[C@H]2P1(=O)OCC. The lowest BCUT2D eigenvalue weighted by Crippen LogP contribution is -2.25.